The Hall–Kier alpha value is -2.09. The number of benzene rings is 1. The highest BCUT2D eigenvalue weighted by molar-refractivity contribution is 6.03. The predicted octanol–water partition coefficient (Wildman–Crippen LogP) is 1.85. The first kappa shape index (κ1) is 15.3. The van der Waals surface area contributed by atoms with Crippen molar-refractivity contribution in [3.05, 3.63) is 29.3 Å². The summed E-state index contributed by atoms with van der Waals surface area (Å²) in [6.07, 6.45) is -4.31. The molecule has 0 bridgehead atoms. The zero-order valence-electron chi connectivity index (χ0n) is 10.8. The number of aromatic carboxylic acids is 1. The van der Waals surface area contributed by atoms with Gasteiger partial charge < -0.3 is 14.7 Å². The fourth-order valence-electron chi connectivity index (χ4n) is 2.08. The van der Waals surface area contributed by atoms with E-state index in [9.17, 15) is 22.8 Å². The molecule has 1 aromatic rings. The second kappa shape index (κ2) is 5.72. The predicted molar refractivity (Wildman–Crippen MR) is 66.3 cm³/mol. The van der Waals surface area contributed by atoms with Crippen LogP contribution in [0.3, 0.4) is 0 Å². The zero-order chi connectivity index (χ0) is 15.6. The lowest BCUT2D eigenvalue weighted by molar-refractivity contribution is -0.173. The van der Waals surface area contributed by atoms with Crippen LogP contribution in [0.1, 0.15) is 15.9 Å². The highest BCUT2D eigenvalue weighted by atomic mass is 19.4. The van der Waals surface area contributed by atoms with E-state index in [1.807, 2.05) is 0 Å². The number of amides is 1. The average molecular weight is 303 g/mol. The third-order valence-corrected chi connectivity index (χ3v) is 2.99. The summed E-state index contributed by atoms with van der Waals surface area (Å²) >= 11 is 0. The minimum Gasteiger partial charge on any atom is -0.478 e. The molecule has 1 N–H and O–H groups in total. The monoisotopic (exact) mass is 303 g/mol. The molecule has 0 saturated heterocycles. The van der Waals surface area contributed by atoms with Crippen LogP contribution < -0.4 is 4.90 Å². The van der Waals surface area contributed by atoms with Crippen molar-refractivity contribution >= 4 is 17.6 Å². The number of fused-ring (bicyclic) bond motifs is 1. The van der Waals surface area contributed by atoms with E-state index in [4.69, 9.17) is 5.11 Å². The van der Waals surface area contributed by atoms with Gasteiger partial charge in [-0.25, -0.2) is 4.79 Å². The van der Waals surface area contributed by atoms with Crippen LogP contribution in [0.5, 0.6) is 0 Å². The van der Waals surface area contributed by atoms with Crippen molar-refractivity contribution in [1.29, 1.82) is 0 Å². The van der Waals surface area contributed by atoms with E-state index in [2.05, 4.69) is 4.74 Å². The van der Waals surface area contributed by atoms with Gasteiger partial charge in [-0.15, -0.1) is 0 Å². The molecule has 1 aliphatic heterocycles. The molecule has 0 atom stereocenters. The van der Waals surface area contributed by atoms with Crippen LogP contribution in [0.2, 0.25) is 0 Å². The molecule has 8 heteroatoms. The van der Waals surface area contributed by atoms with Crippen LogP contribution >= 0.6 is 0 Å². The van der Waals surface area contributed by atoms with E-state index < -0.39 is 18.8 Å². The van der Waals surface area contributed by atoms with Gasteiger partial charge in [0.15, 0.2) is 0 Å². The summed E-state index contributed by atoms with van der Waals surface area (Å²) < 4.78 is 40.3. The number of carboxylic acid groups (broad SMARTS) is 1. The molecular formula is C13H12F3NO4. The second-order valence-electron chi connectivity index (χ2n) is 4.54. The number of hydrogen-bond donors (Lipinski definition) is 1. The van der Waals surface area contributed by atoms with Gasteiger partial charge in [0.05, 0.1) is 18.6 Å². The number of halogens is 3. The number of hydrogen-bond acceptors (Lipinski definition) is 3. The van der Waals surface area contributed by atoms with Crippen LogP contribution in [-0.4, -0.2) is 42.9 Å². The standard InChI is InChI=1S/C13H12F3NO4/c14-13(15,16)7-21-4-3-17-10-5-9(12(19)20)2-1-8(10)6-11(17)18/h1-2,5H,3-4,6-7H2,(H,19,20). The number of carbonyl (C=O) groups excluding carboxylic acids is 1. The highest BCUT2D eigenvalue weighted by Crippen LogP contribution is 2.29. The first-order valence-corrected chi connectivity index (χ1v) is 6.09. The maximum atomic E-state index is 11.9. The van der Waals surface area contributed by atoms with Crippen LogP contribution in [-0.2, 0) is 16.0 Å². The molecule has 1 heterocycles. The molecule has 0 aliphatic carbocycles. The Morgan fingerprint density at radius 2 is 2.10 bits per heavy atom. The summed E-state index contributed by atoms with van der Waals surface area (Å²) in [5.41, 5.74) is 1.08. The molecule has 1 aliphatic rings. The van der Waals surface area contributed by atoms with E-state index in [0.717, 1.165) is 0 Å². The number of carboxylic acids is 1. The summed E-state index contributed by atoms with van der Waals surface area (Å²) in [4.78, 5) is 24.0. The lowest BCUT2D eigenvalue weighted by Crippen LogP contribution is -2.31. The lowest BCUT2D eigenvalue weighted by atomic mass is 10.1. The molecule has 5 nitrogen and oxygen atoms in total. The molecule has 0 radical (unpaired) electrons. The van der Waals surface area contributed by atoms with E-state index in [1.165, 1.54) is 23.1 Å². The largest absolute Gasteiger partial charge is 0.478 e. The average Bonchev–Trinajstić information content (AvgIpc) is 2.68. The normalized spacial score (nSPS) is 14.4. The minimum atomic E-state index is -4.41. The Morgan fingerprint density at radius 3 is 2.71 bits per heavy atom. The topological polar surface area (TPSA) is 66.8 Å². The molecule has 21 heavy (non-hydrogen) atoms. The Kier molecular flexibility index (Phi) is 4.17. The van der Waals surface area contributed by atoms with Gasteiger partial charge >= 0.3 is 12.1 Å². The van der Waals surface area contributed by atoms with Gasteiger partial charge in [-0.3, -0.25) is 4.79 Å². The van der Waals surface area contributed by atoms with Crippen molar-refractivity contribution in [2.45, 2.75) is 12.6 Å². The maximum Gasteiger partial charge on any atom is 0.411 e. The lowest BCUT2D eigenvalue weighted by Gasteiger charge is -2.18. The van der Waals surface area contributed by atoms with Gasteiger partial charge in [-0.05, 0) is 17.7 Å². The SMILES string of the molecule is O=C(O)c1ccc2c(c1)N(CCOCC(F)(F)F)C(=O)C2. The van der Waals surface area contributed by atoms with E-state index in [0.29, 0.717) is 11.3 Å². The Labute approximate surface area is 117 Å². The van der Waals surface area contributed by atoms with Gasteiger partial charge in [-0.1, -0.05) is 6.07 Å². The molecular weight excluding hydrogens is 291 g/mol. The summed E-state index contributed by atoms with van der Waals surface area (Å²) in [7, 11) is 0. The number of nitrogens with zero attached hydrogens (tertiary/aromatic N) is 1. The van der Waals surface area contributed by atoms with Crippen LogP contribution in [0, 0.1) is 0 Å². The van der Waals surface area contributed by atoms with E-state index >= 15 is 0 Å². The molecule has 1 amide bonds. The van der Waals surface area contributed by atoms with Gasteiger partial charge in [0.25, 0.3) is 0 Å². The van der Waals surface area contributed by atoms with Crippen LogP contribution in [0.4, 0.5) is 18.9 Å². The highest BCUT2D eigenvalue weighted by Gasteiger charge is 2.30. The third-order valence-electron chi connectivity index (χ3n) is 2.99. The smallest absolute Gasteiger partial charge is 0.411 e. The molecule has 0 spiro atoms. The van der Waals surface area contributed by atoms with Gasteiger partial charge in [-0.2, -0.15) is 13.2 Å². The summed E-state index contributed by atoms with van der Waals surface area (Å²) in [5, 5.41) is 8.92. The van der Waals surface area contributed by atoms with Crippen LogP contribution in [0.15, 0.2) is 18.2 Å². The first-order chi connectivity index (χ1) is 9.78. The molecule has 0 saturated carbocycles. The first-order valence-electron chi connectivity index (χ1n) is 6.09. The van der Waals surface area contributed by atoms with Crippen molar-refractivity contribution in [1.82, 2.24) is 0 Å². The van der Waals surface area contributed by atoms with Crippen molar-refractivity contribution in [3.63, 3.8) is 0 Å². The number of rotatable bonds is 5. The Morgan fingerprint density at radius 1 is 1.38 bits per heavy atom. The van der Waals surface area contributed by atoms with Crippen molar-refractivity contribution in [3.8, 4) is 0 Å². The molecule has 0 fully saturated rings. The Bertz CT molecular complexity index is 571. The summed E-state index contributed by atoms with van der Waals surface area (Å²) in [5.74, 6) is -1.42. The third kappa shape index (κ3) is 3.72. The molecule has 2 rings (SSSR count). The van der Waals surface area contributed by atoms with Crippen molar-refractivity contribution < 1.29 is 32.6 Å². The van der Waals surface area contributed by atoms with Gasteiger partial charge in [0.2, 0.25) is 5.91 Å². The number of carbonyl (C=O) groups is 2. The minimum absolute atomic E-state index is 0.0182. The van der Waals surface area contributed by atoms with E-state index in [1.54, 1.807) is 0 Å². The van der Waals surface area contributed by atoms with Gasteiger partial charge in [0.1, 0.15) is 6.61 Å². The number of alkyl halides is 3. The Balaban J connectivity index is 2.03. The maximum absolute atomic E-state index is 11.9. The van der Waals surface area contributed by atoms with Crippen molar-refractivity contribution in [2.24, 2.45) is 0 Å². The fourth-order valence-corrected chi connectivity index (χ4v) is 2.08. The van der Waals surface area contributed by atoms with E-state index in [-0.39, 0.29) is 31.0 Å². The molecule has 0 unspecified atom stereocenters. The second-order valence-corrected chi connectivity index (χ2v) is 4.54. The molecule has 0 aromatic heterocycles. The number of anilines is 1. The zero-order valence-corrected chi connectivity index (χ0v) is 10.8. The summed E-state index contributed by atoms with van der Waals surface area (Å²) in [6.45, 7) is -1.70. The number of ether oxygens (including phenoxy) is 1. The summed E-state index contributed by atoms with van der Waals surface area (Å²) in [6, 6.07) is 4.26. The van der Waals surface area contributed by atoms with Crippen LogP contribution in [0.25, 0.3) is 0 Å². The quantitative estimate of drug-likeness (QED) is 0.843. The fraction of sp³-hybridized carbons (Fsp3) is 0.385. The van der Waals surface area contributed by atoms with Crippen molar-refractivity contribution in [2.75, 3.05) is 24.7 Å². The molecule has 1 aromatic carbocycles. The molecule has 114 valence electrons. The van der Waals surface area contributed by atoms with Gasteiger partial charge in [0, 0.05) is 12.2 Å².